The minimum atomic E-state index is -0.103. The van der Waals surface area contributed by atoms with E-state index in [0.717, 1.165) is 25.9 Å². The van der Waals surface area contributed by atoms with Crippen molar-refractivity contribution in [2.75, 3.05) is 18.4 Å². The summed E-state index contributed by atoms with van der Waals surface area (Å²) in [4.78, 5) is 17.9. The van der Waals surface area contributed by atoms with Crippen LogP contribution in [0.3, 0.4) is 0 Å². The summed E-state index contributed by atoms with van der Waals surface area (Å²) in [5.74, 6) is 0. The summed E-state index contributed by atoms with van der Waals surface area (Å²) in [6, 6.07) is -0.103. The number of rotatable bonds is 2. The molecular formula is C11H16N4O2S. The van der Waals surface area contributed by atoms with Gasteiger partial charge in [0.2, 0.25) is 0 Å². The molecule has 1 aliphatic heterocycles. The van der Waals surface area contributed by atoms with Gasteiger partial charge in [-0.3, -0.25) is 5.32 Å². The third-order valence-corrected chi connectivity index (χ3v) is 3.64. The molecule has 1 aliphatic rings. The summed E-state index contributed by atoms with van der Waals surface area (Å²) < 4.78 is 0. The van der Waals surface area contributed by atoms with Crippen molar-refractivity contribution >= 4 is 28.2 Å². The van der Waals surface area contributed by atoms with Gasteiger partial charge in [0.05, 0.1) is 0 Å². The number of likely N-dealkylation sites (tertiary alicyclic amines) is 1. The molecule has 0 saturated carbocycles. The van der Waals surface area contributed by atoms with E-state index in [9.17, 15) is 4.79 Å². The molecule has 2 amide bonds. The lowest BCUT2D eigenvalue weighted by Crippen LogP contribution is -2.38. The largest absolute Gasteiger partial charge is 0.411 e. The van der Waals surface area contributed by atoms with Crippen molar-refractivity contribution < 1.29 is 10.0 Å². The normalized spacial score (nSPS) is 16.7. The van der Waals surface area contributed by atoms with Gasteiger partial charge in [0.15, 0.2) is 5.13 Å². The number of anilines is 1. The summed E-state index contributed by atoms with van der Waals surface area (Å²) in [6.07, 6.45) is 3.32. The highest BCUT2D eigenvalue weighted by Gasteiger charge is 2.17. The van der Waals surface area contributed by atoms with Gasteiger partial charge in [0.1, 0.15) is 11.4 Å². The molecule has 0 aliphatic carbocycles. The van der Waals surface area contributed by atoms with Crippen molar-refractivity contribution in [1.29, 1.82) is 0 Å². The number of hydrogen-bond acceptors (Lipinski definition) is 5. The molecule has 6 nitrogen and oxygen atoms in total. The Hall–Kier alpha value is -1.63. The van der Waals surface area contributed by atoms with Crippen LogP contribution in [0.15, 0.2) is 10.5 Å². The van der Waals surface area contributed by atoms with E-state index in [1.54, 1.807) is 17.2 Å². The Morgan fingerprint density at radius 3 is 2.89 bits per heavy atom. The van der Waals surface area contributed by atoms with Gasteiger partial charge in [-0.1, -0.05) is 5.16 Å². The lowest BCUT2D eigenvalue weighted by atomic mass is 10.1. The summed E-state index contributed by atoms with van der Waals surface area (Å²) in [5, 5.41) is 16.8. The fourth-order valence-electron chi connectivity index (χ4n) is 1.82. The first-order valence-corrected chi connectivity index (χ1v) is 6.79. The molecule has 1 aromatic heterocycles. The zero-order chi connectivity index (χ0) is 13.0. The van der Waals surface area contributed by atoms with Crippen LogP contribution < -0.4 is 5.32 Å². The number of hydrogen-bond donors (Lipinski definition) is 2. The summed E-state index contributed by atoms with van der Waals surface area (Å²) in [5.41, 5.74) is 1.01. The number of piperidine rings is 1. The number of nitrogens with one attached hydrogen (secondary N) is 1. The smallest absolute Gasteiger partial charge is 0.323 e. The molecule has 1 saturated heterocycles. The molecule has 1 fully saturated rings. The average molecular weight is 268 g/mol. The lowest BCUT2D eigenvalue weighted by molar-refractivity contribution is 0.200. The van der Waals surface area contributed by atoms with Gasteiger partial charge in [0.25, 0.3) is 0 Å². The Labute approximate surface area is 109 Å². The van der Waals surface area contributed by atoms with E-state index in [0.29, 0.717) is 16.5 Å². The van der Waals surface area contributed by atoms with Crippen LogP contribution in [0.4, 0.5) is 9.93 Å². The maximum absolute atomic E-state index is 11.9. The number of urea groups is 1. The van der Waals surface area contributed by atoms with Crippen LogP contribution in [0.1, 0.15) is 31.9 Å². The average Bonchev–Trinajstić information content (AvgIpc) is 2.87. The van der Waals surface area contributed by atoms with Crippen molar-refractivity contribution in [1.82, 2.24) is 9.88 Å². The van der Waals surface area contributed by atoms with Crippen LogP contribution in [0, 0.1) is 0 Å². The van der Waals surface area contributed by atoms with Crippen molar-refractivity contribution in [2.45, 2.75) is 26.2 Å². The molecule has 2 N–H and O–H groups in total. The van der Waals surface area contributed by atoms with Gasteiger partial charge in [-0.2, -0.15) is 0 Å². The van der Waals surface area contributed by atoms with Gasteiger partial charge < -0.3 is 10.1 Å². The van der Waals surface area contributed by atoms with E-state index in [4.69, 9.17) is 5.21 Å². The number of thiazole rings is 1. The maximum Gasteiger partial charge on any atom is 0.323 e. The molecule has 2 rings (SSSR count). The molecule has 2 heterocycles. The van der Waals surface area contributed by atoms with E-state index < -0.39 is 0 Å². The molecule has 0 unspecified atom stereocenters. The molecule has 0 spiro atoms. The molecule has 0 aromatic carbocycles. The first-order valence-electron chi connectivity index (χ1n) is 5.91. The summed E-state index contributed by atoms with van der Waals surface area (Å²) in [7, 11) is 0. The van der Waals surface area contributed by atoms with E-state index in [1.165, 1.54) is 17.8 Å². The Bertz CT molecular complexity index is 452. The Morgan fingerprint density at radius 2 is 2.22 bits per heavy atom. The highest BCUT2D eigenvalue weighted by molar-refractivity contribution is 7.14. The fraction of sp³-hybridized carbons (Fsp3) is 0.545. The highest BCUT2D eigenvalue weighted by Crippen LogP contribution is 2.17. The summed E-state index contributed by atoms with van der Waals surface area (Å²) >= 11 is 1.32. The van der Waals surface area contributed by atoms with E-state index in [2.05, 4.69) is 15.5 Å². The third-order valence-electron chi connectivity index (χ3n) is 2.88. The predicted molar refractivity (Wildman–Crippen MR) is 70.6 cm³/mol. The standard InChI is InChI=1S/C11H16N4O2S/c1-8(14-17)9-7-18-10(12-9)13-11(16)15-5-3-2-4-6-15/h7,17H,2-6H2,1H3,(H,12,13,16). The van der Waals surface area contributed by atoms with Crippen molar-refractivity contribution in [2.24, 2.45) is 5.16 Å². The zero-order valence-electron chi connectivity index (χ0n) is 10.2. The predicted octanol–water partition coefficient (Wildman–Crippen LogP) is 2.36. The van der Waals surface area contributed by atoms with E-state index in [1.807, 2.05) is 0 Å². The Kier molecular flexibility index (Phi) is 4.14. The van der Waals surface area contributed by atoms with Crippen molar-refractivity contribution in [3.63, 3.8) is 0 Å². The van der Waals surface area contributed by atoms with Gasteiger partial charge >= 0.3 is 6.03 Å². The van der Waals surface area contributed by atoms with Gasteiger partial charge in [0, 0.05) is 18.5 Å². The van der Waals surface area contributed by atoms with E-state index in [-0.39, 0.29) is 6.03 Å². The molecule has 0 bridgehead atoms. The molecule has 0 atom stereocenters. The van der Waals surface area contributed by atoms with Crippen LogP contribution >= 0.6 is 11.3 Å². The number of carbonyl (C=O) groups excluding carboxylic acids is 1. The summed E-state index contributed by atoms with van der Waals surface area (Å²) in [6.45, 7) is 3.27. The van der Waals surface area contributed by atoms with Crippen LogP contribution in [0.2, 0.25) is 0 Å². The number of oxime groups is 1. The van der Waals surface area contributed by atoms with Crippen LogP contribution in [0.25, 0.3) is 0 Å². The maximum atomic E-state index is 11.9. The molecular weight excluding hydrogens is 252 g/mol. The number of amides is 2. The molecule has 7 heteroatoms. The SMILES string of the molecule is CC(=NO)c1csc(NC(=O)N2CCCCC2)n1. The van der Waals surface area contributed by atoms with Crippen LogP contribution in [-0.2, 0) is 0 Å². The van der Waals surface area contributed by atoms with Gasteiger partial charge in [-0.05, 0) is 26.2 Å². The van der Waals surface area contributed by atoms with Crippen LogP contribution in [-0.4, -0.2) is 39.9 Å². The highest BCUT2D eigenvalue weighted by atomic mass is 32.1. The molecule has 0 radical (unpaired) electrons. The number of aromatic nitrogens is 1. The number of carbonyl (C=O) groups is 1. The van der Waals surface area contributed by atoms with E-state index >= 15 is 0 Å². The first-order chi connectivity index (χ1) is 8.70. The van der Waals surface area contributed by atoms with Crippen LogP contribution in [0.5, 0.6) is 0 Å². The first kappa shape index (κ1) is 12.8. The monoisotopic (exact) mass is 268 g/mol. The second kappa shape index (κ2) is 5.81. The second-order valence-electron chi connectivity index (χ2n) is 4.20. The minimum absolute atomic E-state index is 0.103. The third kappa shape index (κ3) is 2.98. The topological polar surface area (TPSA) is 77.8 Å². The molecule has 98 valence electrons. The fourth-order valence-corrected chi connectivity index (χ4v) is 2.56. The quantitative estimate of drug-likeness (QED) is 0.491. The zero-order valence-corrected chi connectivity index (χ0v) is 11.0. The number of nitrogens with zero attached hydrogens (tertiary/aromatic N) is 3. The van der Waals surface area contributed by atoms with Crippen molar-refractivity contribution in [3.8, 4) is 0 Å². The lowest BCUT2D eigenvalue weighted by Gasteiger charge is -2.26. The van der Waals surface area contributed by atoms with Gasteiger partial charge in [-0.15, -0.1) is 11.3 Å². The minimum Gasteiger partial charge on any atom is -0.411 e. The van der Waals surface area contributed by atoms with Crippen molar-refractivity contribution in [3.05, 3.63) is 11.1 Å². The molecule has 1 aromatic rings. The second-order valence-corrected chi connectivity index (χ2v) is 5.06. The van der Waals surface area contributed by atoms with Gasteiger partial charge in [-0.25, -0.2) is 9.78 Å². The Morgan fingerprint density at radius 1 is 1.50 bits per heavy atom. The molecule has 18 heavy (non-hydrogen) atoms. The Balaban J connectivity index is 1.96.